The molecule has 0 aliphatic heterocycles. The number of Topliss-reactive ketones (excluding diaryl/α,β-unsaturated/α-hetero) is 1. The van der Waals surface area contributed by atoms with Crippen LogP contribution in [-0.4, -0.2) is 25.2 Å². The molecule has 19 heavy (non-hydrogen) atoms. The average Bonchev–Trinajstić information content (AvgIpc) is 2.87. The number of carbonyl (C=O) groups excluding carboxylic acids is 1. The molecule has 0 fully saturated rings. The lowest BCUT2D eigenvalue weighted by Gasteiger charge is -2.13. The second-order valence-electron chi connectivity index (χ2n) is 4.10. The van der Waals surface area contributed by atoms with Crippen molar-refractivity contribution in [2.24, 2.45) is 0 Å². The van der Waals surface area contributed by atoms with Crippen LogP contribution >= 0.6 is 0 Å². The minimum atomic E-state index is -0.105. The number of ketones is 1. The first-order valence-electron chi connectivity index (χ1n) is 5.77. The molecule has 2 aromatic rings. The van der Waals surface area contributed by atoms with E-state index in [9.17, 15) is 4.79 Å². The first-order valence-corrected chi connectivity index (χ1v) is 5.77. The Kier molecular flexibility index (Phi) is 3.55. The molecule has 100 valence electrons. The van der Waals surface area contributed by atoms with Crippen molar-refractivity contribution in [2.75, 3.05) is 14.2 Å². The summed E-state index contributed by atoms with van der Waals surface area (Å²) < 4.78 is 15.8. The van der Waals surface area contributed by atoms with E-state index in [1.54, 1.807) is 26.4 Å². The van der Waals surface area contributed by atoms with Crippen LogP contribution in [0.4, 0.5) is 0 Å². The standard InChI is InChI=1S/C14H15NO4/c1-8-12(17-3)6-5-10(13(8)18-4)14-11(9(2)16)7-15-19-14/h5-7H,1-4H3. The van der Waals surface area contributed by atoms with Gasteiger partial charge in [-0.05, 0) is 26.0 Å². The zero-order valence-electron chi connectivity index (χ0n) is 11.3. The lowest BCUT2D eigenvalue weighted by molar-refractivity contribution is 0.101. The van der Waals surface area contributed by atoms with Gasteiger partial charge in [-0.2, -0.15) is 0 Å². The van der Waals surface area contributed by atoms with Crippen LogP contribution in [0.25, 0.3) is 11.3 Å². The summed E-state index contributed by atoms with van der Waals surface area (Å²) in [4.78, 5) is 11.5. The highest BCUT2D eigenvalue weighted by atomic mass is 16.5. The summed E-state index contributed by atoms with van der Waals surface area (Å²) in [5.41, 5.74) is 1.96. The Morgan fingerprint density at radius 2 is 2.00 bits per heavy atom. The minimum absolute atomic E-state index is 0.105. The average molecular weight is 261 g/mol. The van der Waals surface area contributed by atoms with E-state index in [4.69, 9.17) is 14.0 Å². The van der Waals surface area contributed by atoms with Gasteiger partial charge < -0.3 is 14.0 Å². The van der Waals surface area contributed by atoms with Crippen LogP contribution in [0.1, 0.15) is 22.8 Å². The largest absolute Gasteiger partial charge is 0.496 e. The summed E-state index contributed by atoms with van der Waals surface area (Å²) >= 11 is 0. The third-order valence-electron chi connectivity index (χ3n) is 2.97. The summed E-state index contributed by atoms with van der Waals surface area (Å²) in [6.45, 7) is 3.35. The molecule has 0 N–H and O–H groups in total. The third kappa shape index (κ3) is 2.19. The Bertz CT molecular complexity index is 616. The topological polar surface area (TPSA) is 61.6 Å². The summed E-state index contributed by atoms with van der Waals surface area (Å²) in [5, 5.41) is 3.68. The van der Waals surface area contributed by atoms with E-state index in [0.717, 1.165) is 5.56 Å². The molecule has 1 aromatic carbocycles. The normalized spacial score (nSPS) is 10.3. The van der Waals surface area contributed by atoms with Crippen LogP contribution < -0.4 is 9.47 Å². The van der Waals surface area contributed by atoms with Crippen molar-refractivity contribution in [1.82, 2.24) is 5.16 Å². The molecule has 0 saturated heterocycles. The van der Waals surface area contributed by atoms with E-state index in [1.165, 1.54) is 13.1 Å². The smallest absolute Gasteiger partial charge is 0.181 e. The third-order valence-corrected chi connectivity index (χ3v) is 2.97. The fourth-order valence-electron chi connectivity index (χ4n) is 2.02. The lowest BCUT2D eigenvalue weighted by atomic mass is 10.0. The Morgan fingerprint density at radius 3 is 2.58 bits per heavy atom. The number of carbonyl (C=O) groups is 1. The molecular weight excluding hydrogens is 246 g/mol. The van der Waals surface area contributed by atoms with Gasteiger partial charge in [0, 0.05) is 5.56 Å². The molecule has 0 aliphatic carbocycles. The van der Waals surface area contributed by atoms with Crippen molar-refractivity contribution in [2.45, 2.75) is 13.8 Å². The van der Waals surface area contributed by atoms with Crippen molar-refractivity contribution in [3.05, 3.63) is 29.5 Å². The maximum atomic E-state index is 11.5. The van der Waals surface area contributed by atoms with Crippen molar-refractivity contribution in [3.63, 3.8) is 0 Å². The Morgan fingerprint density at radius 1 is 1.26 bits per heavy atom. The first-order chi connectivity index (χ1) is 9.10. The summed E-state index contributed by atoms with van der Waals surface area (Å²) in [6, 6.07) is 3.59. The molecule has 0 atom stereocenters. The van der Waals surface area contributed by atoms with Crippen LogP contribution in [0.5, 0.6) is 11.5 Å². The van der Waals surface area contributed by atoms with Gasteiger partial charge in [-0.1, -0.05) is 5.16 Å². The summed E-state index contributed by atoms with van der Waals surface area (Å²) in [7, 11) is 3.16. The van der Waals surface area contributed by atoms with Gasteiger partial charge in [-0.3, -0.25) is 4.79 Å². The van der Waals surface area contributed by atoms with Crippen molar-refractivity contribution in [1.29, 1.82) is 0 Å². The predicted molar refractivity (Wildman–Crippen MR) is 69.8 cm³/mol. The van der Waals surface area contributed by atoms with Crippen molar-refractivity contribution in [3.8, 4) is 22.8 Å². The molecule has 0 bridgehead atoms. The minimum Gasteiger partial charge on any atom is -0.496 e. The second kappa shape index (κ2) is 5.14. The second-order valence-corrected chi connectivity index (χ2v) is 4.10. The number of aromatic nitrogens is 1. The van der Waals surface area contributed by atoms with Gasteiger partial charge in [0.1, 0.15) is 11.5 Å². The quantitative estimate of drug-likeness (QED) is 0.792. The Labute approximate surface area is 111 Å². The summed E-state index contributed by atoms with van der Waals surface area (Å²) in [5.74, 6) is 1.63. The lowest BCUT2D eigenvalue weighted by Crippen LogP contribution is -1.97. The van der Waals surface area contributed by atoms with Crippen LogP contribution in [-0.2, 0) is 0 Å². The number of hydrogen-bond acceptors (Lipinski definition) is 5. The van der Waals surface area contributed by atoms with E-state index in [2.05, 4.69) is 5.16 Å². The van der Waals surface area contributed by atoms with E-state index in [1.807, 2.05) is 6.92 Å². The summed E-state index contributed by atoms with van der Waals surface area (Å²) in [6.07, 6.45) is 1.41. The molecule has 2 rings (SSSR count). The molecule has 1 aromatic heterocycles. The molecule has 0 saturated carbocycles. The zero-order chi connectivity index (χ0) is 14.0. The van der Waals surface area contributed by atoms with Crippen molar-refractivity contribution < 1.29 is 18.8 Å². The van der Waals surface area contributed by atoms with Crippen LogP contribution in [0.3, 0.4) is 0 Å². The Balaban J connectivity index is 2.65. The molecular formula is C14H15NO4. The van der Waals surface area contributed by atoms with Gasteiger partial charge in [0.25, 0.3) is 0 Å². The van der Waals surface area contributed by atoms with Gasteiger partial charge in [0.2, 0.25) is 0 Å². The molecule has 0 spiro atoms. The van der Waals surface area contributed by atoms with E-state index >= 15 is 0 Å². The van der Waals surface area contributed by atoms with Gasteiger partial charge in [-0.15, -0.1) is 0 Å². The van der Waals surface area contributed by atoms with Crippen LogP contribution in [0.2, 0.25) is 0 Å². The van der Waals surface area contributed by atoms with Crippen LogP contribution in [0.15, 0.2) is 22.9 Å². The van der Waals surface area contributed by atoms with E-state index in [0.29, 0.717) is 28.4 Å². The SMILES string of the molecule is COc1ccc(-c2oncc2C(C)=O)c(OC)c1C. The number of nitrogens with zero attached hydrogens (tertiary/aromatic N) is 1. The molecule has 1 heterocycles. The molecule has 0 amide bonds. The van der Waals surface area contributed by atoms with Crippen LogP contribution in [0, 0.1) is 6.92 Å². The number of rotatable bonds is 4. The van der Waals surface area contributed by atoms with Gasteiger partial charge in [-0.25, -0.2) is 0 Å². The molecule has 0 unspecified atom stereocenters. The monoisotopic (exact) mass is 261 g/mol. The predicted octanol–water partition coefficient (Wildman–Crippen LogP) is 2.87. The van der Waals surface area contributed by atoms with E-state index < -0.39 is 0 Å². The fraction of sp³-hybridized carbons (Fsp3) is 0.286. The number of methoxy groups -OCH3 is 2. The number of ether oxygens (including phenoxy) is 2. The maximum absolute atomic E-state index is 11.5. The highest BCUT2D eigenvalue weighted by molar-refractivity contribution is 5.99. The van der Waals surface area contributed by atoms with Crippen molar-refractivity contribution >= 4 is 5.78 Å². The molecule has 0 radical (unpaired) electrons. The molecule has 0 aliphatic rings. The fourth-order valence-corrected chi connectivity index (χ4v) is 2.02. The molecule has 5 nitrogen and oxygen atoms in total. The van der Waals surface area contributed by atoms with E-state index in [-0.39, 0.29) is 5.78 Å². The highest BCUT2D eigenvalue weighted by Gasteiger charge is 2.20. The zero-order valence-corrected chi connectivity index (χ0v) is 11.3. The molecule has 5 heteroatoms. The van der Waals surface area contributed by atoms with Gasteiger partial charge in [0.15, 0.2) is 11.5 Å². The Hall–Kier alpha value is -2.30. The number of hydrogen-bond donors (Lipinski definition) is 0. The van der Waals surface area contributed by atoms with Gasteiger partial charge in [0.05, 0.1) is 31.5 Å². The maximum Gasteiger partial charge on any atom is 0.181 e. The first kappa shape index (κ1) is 13.1. The number of benzene rings is 1. The highest BCUT2D eigenvalue weighted by Crippen LogP contribution is 2.39. The van der Waals surface area contributed by atoms with Gasteiger partial charge >= 0.3 is 0 Å².